The van der Waals surface area contributed by atoms with Crippen LogP contribution in [0.25, 0.3) is 6.08 Å². The second kappa shape index (κ2) is 8.88. The number of aldehydes is 1. The van der Waals surface area contributed by atoms with Crippen LogP contribution in [0, 0.1) is 5.92 Å². The Balaban J connectivity index is 1.50. The zero-order valence-electron chi connectivity index (χ0n) is 15.0. The highest BCUT2D eigenvalue weighted by molar-refractivity contribution is 6.30. The summed E-state index contributed by atoms with van der Waals surface area (Å²) in [6.45, 7) is 0.361. The van der Waals surface area contributed by atoms with Crippen molar-refractivity contribution < 1.29 is 23.9 Å². The van der Waals surface area contributed by atoms with Crippen molar-refractivity contribution in [3.8, 4) is 5.75 Å². The van der Waals surface area contributed by atoms with Crippen molar-refractivity contribution in [3.05, 3.63) is 34.4 Å². The molecule has 28 heavy (non-hydrogen) atoms. The summed E-state index contributed by atoms with van der Waals surface area (Å²) in [5.41, 5.74) is 1.04. The van der Waals surface area contributed by atoms with Crippen LogP contribution in [0.3, 0.4) is 0 Å². The van der Waals surface area contributed by atoms with E-state index in [4.69, 9.17) is 16.3 Å². The third-order valence-electron chi connectivity index (χ3n) is 4.60. The van der Waals surface area contributed by atoms with Gasteiger partial charge in [-0.05, 0) is 37.1 Å². The van der Waals surface area contributed by atoms with Gasteiger partial charge in [-0.15, -0.1) is 0 Å². The van der Waals surface area contributed by atoms with Crippen LogP contribution in [-0.4, -0.2) is 49.7 Å². The van der Waals surface area contributed by atoms with Crippen molar-refractivity contribution >= 4 is 41.7 Å². The van der Waals surface area contributed by atoms with E-state index >= 15 is 0 Å². The molecule has 2 unspecified atom stereocenters. The topological polar surface area (TPSA) is 114 Å². The van der Waals surface area contributed by atoms with Gasteiger partial charge in [-0.1, -0.05) is 11.6 Å². The molecular weight excluding hydrogens is 386 g/mol. The quantitative estimate of drug-likeness (QED) is 0.570. The molecule has 2 aliphatic heterocycles. The third-order valence-corrected chi connectivity index (χ3v) is 4.83. The summed E-state index contributed by atoms with van der Waals surface area (Å²) in [6, 6.07) is 4.33. The van der Waals surface area contributed by atoms with Crippen LogP contribution in [0.4, 0.5) is 0 Å². The number of amides is 3. The smallest absolute Gasteiger partial charge is 0.251 e. The predicted octanol–water partition coefficient (Wildman–Crippen LogP) is 0.442. The standard InChI is InChI=1S/C19H20ClN3O5/c20-14-1-2-16-12(6-14)5-13(10-28-16)19(27)22-8-17(25)23-15(9-24)7-11-3-4-21-18(11)26/h1-2,5-6,9,11,15H,3-4,7-8,10H2,(H,21,26)(H,22,27)(H,23,25). The lowest BCUT2D eigenvalue weighted by Crippen LogP contribution is -2.44. The zero-order chi connectivity index (χ0) is 20.1. The molecule has 3 amide bonds. The third kappa shape index (κ3) is 4.89. The summed E-state index contributed by atoms with van der Waals surface area (Å²) in [7, 11) is 0. The van der Waals surface area contributed by atoms with Gasteiger partial charge in [0.2, 0.25) is 11.8 Å². The molecule has 3 rings (SSSR count). The Morgan fingerprint density at radius 1 is 1.39 bits per heavy atom. The van der Waals surface area contributed by atoms with E-state index < -0.39 is 17.9 Å². The molecule has 148 valence electrons. The van der Waals surface area contributed by atoms with Gasteiger partial charge in [0.15, 0.2) is 0 Å². The molecule has 0 bridgehead atoms. The van der Waals surface area contributed by atoms with Crippen molar-refractivity contribution in [2.45, 2.75) is 18.9 Å². The number of nitrogens with one attached hydrogen (secondary N) is 3. The maximum absolute atomic E-state index is 12.3. The van der Waals surface area contributed by atoms with E-state index in [1.54, 1.807) is 24.3 Å². The summed E-state index contributed by atoms with van der Waals surface area (Å²) in [4.78, 5) is 47.1. The van der Waals surface area contributed by atoms with Crippen LogP contribution in [0.1, 0.15) is 18.4 Å². The summed E-state index contributed by atoms with van der Waals surface area (Å²) >= 11 is 5.95. The Bertz CT molecular complexity index is 839. The molecule has 0 saturated carbocycles. The van der Waals surface area contributed by atoms with Crippen molar-refractivity contribution in [3.63, 3.8) is 0 Å². The molecule has 2 aliphatic rings. The van der Waals surface area contributed by atoms with E-state index in [9.17, 15) is 19.2 Å². The molecule has 0 spiro atoms. The molecule has 8 nitrogen and oxygen atoms in total. The van der Waals surface area contributed by atoms with Gasteiger partial charge in [-0.3, -0.25) is 14.4 Å². The molecule has 1 aromatic rings. The first-order valence-electron chi connectivity index (χ1n) is 8.89. The average Bonchev–Trinajstić information content (AvgIpc) is 3.09. The van der Waals surface area contributed by atoms with Gasteiger partial charge in [-0.2, -0.15) is 0 Å². The highest BCUT2D eigenvalue weighted by Crippen LogP contribution is 2.28. The van der Waals surface area contributed by atoms with E-state index in [0.29, 0.717) is 41.2 Å². The molecular formula is C19H20ClN3O5. The monoisotopic (exact) mass is 405 g/mol. The fourth-order valence-corrected chi connectivity index (χ4v) is 3.32. The van der Waals surface area contributed by atoms with E-state index in [2.05, 4.69) is 16.0 Å². The minimum absolute atomic E-state index is 0.0792. The summed E-state index contributed by atoms with van der Waals surface area (Å²) < 4.78 is 5.51. The minimum Gasteiger partial charge on any atom is -0.488 e. The molecule has 0 aromatic heterocycles. The highest BCUT2D eigenvalue weighted by Gasteiger charge is 2.28. The van der Waals surface area contributed by atoms with Crippen molar-refractivity contribution in [2.75, 3.05) is 19.7 Å². The second-order valence-corrected chi connectivity index (χ2v) is 7.08. The molecule has 1 saturated heterocycles. The zero-order valence-corrected chi connectivity index (χ0v) is 15.8. The van der Waals surface area contributed by atoms with Crippen LogP contribution in [-0.2, 0) is 19.2 Å². The average molecular weight is 406 g/mol. The summed E-state index contributed by atoms with van der Waals surface area (Å²) in [5, 5.41) is 8.24. The fraction of sp³-hybridized carbons (Fsp3) is 0.368. The number of hydrogen-bond acceptors (Lipinski definition) is 5. The first-order valence-corrected chi connectivity index (χ1v) is 9.27. The van der Waals surface area contributed by atoms with E-state index in [1.165, 1.54) is 0 Å². The Labute approximate surface area is 166 Å². The van der Waals surface area contributed by atoms with E-state index in [1.807, 2.05) is 0 Å². The largest absolute Gasteiger partial charge is 0.488 e. The Kier molecular flexibility index (Phi) is 6.30. The van der Waals surface area contributed by atoms with Gasteiger partial charge in [0.1, 0.15) is 18.6 Å². The molecule has 3 N–H and O–H groups in total. The number of rotatable bonds is 7. The molecule has 9 heteroatoms. The normalized spacial score (nSPS) is 18.8. The summed E-state index contributed by atoms with van der Waals surface area (Å²) in [5.74, 6) is -0.729. The molecule has 0 radical (unpaired) electrons. The van der Waals surface area contributed by atoms with Gasteiger partial charge in [0.25, 0.3) is 5.91 Å². The number of halogens is 1. The van der Waals surface area contributed by atoms with Gasteiger partial charge in [-0.25, -0.2) is 0 Å². The van der Waals surface area contributed by atoms with Crippen LogP contribution in [0.15, 0.2) is 23.8 Å². The minimum atomic E-state index is -0.774. The maximum atomic E-state index is 12.3. The number of benzene rings is 1. The lowest BCUT2D eigenvalue weighted by molar-refractivity contribution is -0.127. The molecule has 2 heterocycles. The van der Waals surface area contributed by atoms with Crippen LogP contribution in [0.2, 0.25) is 5.02 Å². The van der Waals surface area contributed by atoms with Crippen molar-refractivity contribution in [2.24, 2.45) is 5.92 Å². The van der Waals surface area contributed by atoms with Crippen LogP contribution in [0.5, 0.6) is 5.75 Å². The number of fused-ring (bicyclic) bond motifs is 1. The molecule has 1 fully saturated rings. The van der Waals surface area contributed by atoms with Gasteiger partial charge in [0, 0.05) is 23.0 Å². The number of carbonyl (C=O) groups excluding carboxylic acids is 4. The molecule has 2 atom stereocenters. The predicted molar refractivity (Wildman–Crippen MR) is 102 cm³/mol. The number of carbonyl (C=O) groups is 4. The summed E-state index contributed by atoms with van der Waals surface area (Å²) in [6.07, 6.45) is 3.13. The van der Waals surface area contributed by atoms with Gasteiger partial charge in [0.05, 0.1) is 18.2 Å². The van der Waals surface area contributed by atoms with E-state index in [0.717, 1.165) is 0 Å². The lowest BCUT2D eigenvalue weighted by atomic mass is 9.99. The highest BCUT2D eigenvalue weighted by atomic mass is 35.5. The first-order chi connectivity index (χ1) is 13.5. The van der Waals surface area contributed by atoms with E-state index in [-0.39, 0.29) is 31.4 Å². The Morgan fingerprint density at radius 3 is 2.93 bits per heavy atom. The Morgan fingerprint density at radius 2 is 2.21 bits per heavy atom. The number of hydrogen-bond donors (Lipinski definition) is 3. The second-order valence-electron chi connectivity index (χ2n) is 6.65. The van der Waals surface area contributed by atoms with Gasteiger partial charge < -0.3 is 25.5 Å². The maximum Gasteiger partial charge on any atom is 0.251 e. The first kappa shape index (κ1) is 19.9. The van der Waals surface area contributed by atoms with Crippen LogP contribution < -0.4 is 20.7 Å². The SMILES string of the molecule is O=CC(CC1CCNC1=O)NC(=O)CNC(=O)C1=Cc2cc(Cl)ccc2OC1. The molecule has 1 aromatic carbocycles. The van der Waals surface area contributed by atoms with Crippen LogP contribution >= 0.6 is 11.6 Å². The fourth-order valence-electron chi connectivity index (χ4n) is 3.14. The van der Waals surface area contributed by atoms with Gasteiger partial charge >= 0.3 is 0 Å². The number of ether oxygens (including phenoxy) is 1. The van der Waals surface area contributed by atoms with Crippen molar-refractivity contribution in [1.82, 2.24) is 16.0 Å². The Hall–Kier alpha value is -2.87. The molecule has 0 aliphatic carbocycles. The lowest BCUT2D eigenvalue weighted by Gasteiger charge is -2.18. The van der Waals surface area contributed by atoms with Crippen molar-refractivity contribution in [1.29, 1.82) is 0 Å².